The standard InChI is InChI=1S/C13H16ClN3S/c1-13(2,3)12-17-8-10(18-12)7-16-9-4-5-15-11(14)6-9/h4-6,8H,7H2,1-3H3,(H,15,16). The van der Waals surface area contributed by atoms with Crippen molar-refractivity contribution in [2.24, 2.45) is 0 Å². The lowest BCUT2D eigenvalue weighted by molar-refractivity contribution is 0.585. The molecule has 0 amide bonds. The third kappa shape index (κ3) is 3.43. The van der Waals surface area contributed by atoms with Crippen LogP contribution in [0.2, 0.25) is 5.15 Å². The van der Waals surface area contributed by atoms with Crippen LogP contribution in [0.15, 0.2) is 24.5 Å². The van der Waals surface area contributed by atoms with Crippen molar-refractivity contribution < 1.29 is 0 Å². The summed E-state index contributed by atoms with van der Waals surface area (Å²) in [6.45, 7) is 7.27. The Morgan fingerprint density at radius 1 is 1.33 bits per heavy atom. The Hall–Kier alpha value is -1.13. The first-order valence-corrected chi connectivity index (χ1v) is 6.95. The molecule has 0 bridgehead atoms. The summed E-state index contributed by atoms with van der Waals surface area (Å²) in [7, 11) is 0. The first-order chi connectivity index (χ1) is 8.45. The molecule has 5 heteroatoms. The summed E-state index contributed by atoms with van der Waals surface area (Å²) >= 11 is 7.57. The number of aromatic nitrogens is 2. The summed E-state index contributed by atoms with van der Waals surface area (Å²) in [6.07, 6.45) is 3.62. The number of pyridine rings is 1. The van der Waals surface area contributed by atoms with Crippen molar-refractivity contribution >= 4 is 28.6 Å². The second kappa shape index (κ2) is 5.24. The lowest BCUT2D eigenvalue weighted by atomic mass is 9.98. The molecule has 2 aromatic heterocycles. The topological polar surface area (TPSA) is 37.8 Å². The summed E-state index contributed by atoms with van der Waals surface area (Å²) in [4.78, 5) is 9.62. The Bertz CT molecular complexity index is 531. The van der Waals surface area contributed by atoms with Gasteiger partial charge in [-0.25, -0.2) is 9.97 Å². The number of hydrogen-bond acceptors (Lipinski definition) is 4. The van der Waals surface area contributed by atoms with Crippen LogP contribution in [0.3, 0.4) is 0 Å². The fourth-order valence-corrected chi connectivity index (χ4v) is 2.52. The maximum atomic E-state index is 5.83. The van der Waals surface area contributed by atoms with E-state index in [1.165, 1.54) is 4.88 Å². The van der Waals surface area contributed by atoms with Crippen LogP contribution < -0.4 is 5.32 Å². The highest BCUT2D eigenvalue weighted by Gasteiger charge is 2.17. The van der Waals surface area contributed by atoms with Crippen molar-refractivity contribution in [1.29, 1.82) is 0 Å². The predicted molar refractivity (Wildman–Crippen MR) is 77.4 cm³/mol. The van der Waals surface area contributed by atoms with Crippen molar-refractivity contribution in [2.45, 2.75) is 32.7 Å². The van der Waals surface area contributed by atoms with Crippen LogP contribution in [0.1, 0.15) is 30.7 Å². The van der Waals surface area contributed by atoms with Crippen molar-refractivity contribution in [3.8, 4) is 0 Å². The third-order valence-corrected chi connectivity index (χ3v) is 4.02. The highest BCUT2D eigenvalue weighted by molar-refractivity contribution is 7.11. The van der Waals surface area contributed by atoms with E-state index in [0.29, 0.717) is 5.15 Å². The van der Waals surface area contributed by atoms with Crippen LogP contribution in [0.25, 0.3) is 0 Å². The number of hydrogen-bond donors (Lipinski definition) is 1. The van der Waals surface area contributed by atoms with Gasteiger partial charge in [0.05, 0.1) is 11.6 Å². The van der Waals surface area contributed by atoms with E-state index < -0.39 is 0 Å². The van der Waals surface area contributed by atoms with Crippen molar-refractivity contribution in [3.63, 3.8) is 0 Å². The van der Waals surface area contributed by atoms with E-state index >= 15 is 0 Å². The largest absolute Gasteiger partial charge is 0.380 e. The number of thiazole rings is 1. The number of nitrogens with one attached hydrogen (secondary N) is 1. The molecule has 18 heavy (non-hydrogen) atoms. The van der Waals surface area contributed by atoms with E-state index in [-0.39, 0.29) is 5.41 Å². The molecule has 0 radical (unpaired) electrons. The normalized spacial score (nSPS) is 11.6. The lowest BCUT2D eigenvalue weighted by Crippen LogP contribution is -2.09. The minimum absolute atomic E-state index is 0.114. The lowest BCUT2D eigenvalue weighted by Gasteiger charge is -2.13. The fourth-order valence-electron chi connectivity index (χ4n) is 1.44. The molecular formula is C13H16ClN3S. The third-order valence-electron chi connectivity index (χ3n) is 2.39. The quantitative estimate of drug-likeness (QED) is 0.861. The minimum Gasteiger partial charge on any atom is -0.380 e. The zero-order valence-corrected chi connectivity index (χ0v) is 12.3. The Morgan fingerprint density at radius 3 is 2.72 bits per heavy atom. The van der Waals surface area contributed by atoms with E-state index in [1.54, 1.807) is 17.5 Å². The molecule has 0 atom stereocenters. The highest BCUT2D eigenvalue weighted by Crippen LogP contribution is 2.27. The predicted octanol–water partition coefficient (Wildman–Crippen LogP) is 4.10. The van der Waals surface area contributed by atoms with Gasteiger partial charge in [-0.2, -0.15) is 0 Å². The summed E-state index contributed by atoms with van der Waals surface area (Å²) in [5, 5.41) is 4.97. The summed E-state index contributed by atoms with van der Waals surface area (Å²) in [6, 6.07) is 3.71. The molecule has 3 nitrogen and oxygen atoms in total. The van der Waals surface area contributed by atoms with Gasteiger partial charge in [-0.3, -0.25) is 0 Å². The van der Waals surface area contributed by atoms with Crippen LogP contribution in [0, 0.1) is 0 Å². The van der Waals surface area contributed by atoms with Gasteiger partial charge in [-0.05, 0) is 12.1 Å². The maximum Gasteiger partial charge on any atom is 0.131 e. The number of halogens is 1. The van der Waals surface area contributed by atoms with E-state index in [0.717, 1.165) is 17.2 Å². The molecule has 0 saturated heterocycles. The van der Waals surface area contributed by atoms with Gasteiger partial charge in [0.1, 0.15) is 5.15 Å². The Balaban J connectivity index is 2.01. The van der Waals surface area contributed by atoms with Crippen molar-refractivity contribution in [3.05, 3.63) is 39.6 Å². The number of rotatable bonds is 3. The van der Waals surface area contributed by atoms with Gasteiger partial charge in [-0.1, -0.05) is 32.4 Å². The monoisotopic (exact) mass is 281 g/mol. The Labute approximate surface area is 116 Å². The maximum absolute atomic E-state index is 5.83. The number of anilines is 1. The van der Waals surface area contributed by atoms with E-state index in [4.69, 9.17) is 11.6 Å². The average molecular weight is 282 g/mol. The molecule has 0 aliphatic carbocycles. The van der Waals surface area contributed by atoms with Crippen molar-refractivity contribution in [1.82, 2.24) is 9.97 Å². The SMILES string of the molecule is CC(C)(C)c1ncc(CNc2ccnc(Cl)c2)s1. The molecule has 2 rings (SSSR count). The zero-order chi connectivity index (χ0) is 13.2. The van der Waals surface area contributed by atoms with Gasteiger partial charge in [0.15, 0.2) is 0 Å². The molecule has 2 aromatic rings. The summed E-state index contributed by atoms with van der Waals surface area (Å²) < 4.78 is 0. The molecule has 96 valence electrons. The van der Waals surface area contributed by atoms with E-state index in [9.17, 15) is 0 Å². The second-order valence-corrected chi connectivity index (χ2v) is 6.60. The molecule has 0 spiro atoms. The van der Waals surface area contributed by atoms with Gasteiger partial charge in [-0.15, -0.1) is 11.3 Å². The van der Waals surface area contributed by atoms with Crippen LogP contribution in [0.4, 0.5) is 5.69 Å². The minimum atomic E-state index is 0.114. The molecule has 2 heterocycles. The van der Waals surface area contributed by atoms with Gasteiger partial charge < -0.3 is 5.32 Å². The van der Waals surface area contributed by atoms with Crippen LogP contribution in [-0.2, 0) is 12.0 Å². The highest BCUT2D eigenvalue weighted by atomic mass is 35.5. The Kier molecular flexibility index (Phi) is 3.88. The summed E-state index contributed by atoms with van der Waals surface area (Å²) in [5.74, 6) is 0. The summed E-state index contributed by atoms with van der Waals surface area (Å²) in [5.41, 5.74) is 1.09. The molecule has 0 aliphatic rings. The van der Waals surface area contributed by atoms with Gasteiger partial charge in [0, 0.05) is 28.4 Å². The van der Waals surface area contributed by atoms with Crippen molar-refractivity contribution in [2.75, 3.05) is 5.32 Å². The van der Waals surface area contributed by atoms with Gasteiger partial charge >= 0.3 is 0 Å². The molecule has 0 aliphatic heterocycles. The van der Waals surface area contributed by atoms with Crippen LogP contribution in [0.5, 0.6) is 0 Å². The molecule has 0 saturated carbocycles. The van der Waals surface area contributed by atoms with Crippen LogP contribution >= 0.6 is 22.9 Å². The molecule has 0 aromatic carbocycles. The fraction of sp³-hybridized carbons (Fsp3) is 0.385. The van der Waals surface area contributed by atoms with E-state index in [1.807, 2.05) is 18.3 Å². The molecule has 0 unspecified atom stereocenters. The molecule has 1 N–H and O–H groups in total. The first kappa shape index (κ1) is 13.3. The molecular weight excluding hydrogens is 266 g/mol. The Morgan fingerprint density at radius 2 is 2.11 bits per heavy atom. The van der Waals surface area contributed by atoms with Gasteiger partial charge in [0.25, 0.3) is 0 Å². The van der Waals surface area contributed by atoms with Crippen LogP contribution in [-0.4, -0.2) is 9.97 Å². The second-order valence-electron chi connectivity index (χ2n) is 5.10. The molecule has 0 fully saturated rings. The first-order valence-electron chi connectivity index (χ1n) is 5.76. The van der Waals surface area contributed by atoms with E-state index in [2.05, 4.69) is 36.1 Å². The average Bonchev–Trinajstić information content (AvgIpc) is 2.74. The zero-order valence-electron chi connectivity index (χ0n) is 10.7. The van der Waals surface area contributed by atoms with Gasteiger partial charge in [0.2, 0.25) is 0 Å². The smallest absolute Gasteiger partial charge is 0.131 e. The number of nitrogens with zero attached hydrogens (tertiary/aromatic N) is 2.